The third kappa shape index (κ3) is 2.14. The summed E-state index contributed by atoms with van der Waals surface area (Å²) in [5.41, 5.74) is 2.25. The summed E-state index contributed by atoms with van der Waals surface area (Å²) in [5, 5.41) is 3.12. The number of hydrogen-bond acceptors (Lipinski definition) is 3. The second kappa shape index (κ2) is 4.49. The van der Waals surface area contributed by atoms with Crippen molar-refractivity contribution < 1.29 is 4.42 Å². The third-order valence-electron chi connectivity index (χ3n) is 2.68. The van der Waals surface area contributed by atoms with E-state index in [-0.39, 0.29) is 6.04 Å². The van der Waals surface area contributed by atoms with Crippen LogP contribution >= 0.6 is 0 Å². The molecule has 1 unspecified atom stereocenters. The lowest BCUT2D eigenvalue weighted by molar-refractivity contribution is 0.456. The Morgan fingerprint density at radius 2 is 1.94 bits per heavy atom. The van der Waals surface area contributed by atoms with E-state index in [1.807, 2.05) is 26.1 Å². The number of hydrogen-bond donors (Lipinski definition) is 1. The average Bonchev–Trinajstić information content (AvgIpc) is 2.78. The van der Waals surface area contributed by atoms with Gasteiger partial charge in [0.1, 0.15) is 5.76 Å². The number of benzene rings is 1. The van der Waals surface area contributed by atoms with Gasteiger partial charge in [0.15, 0.2) is 0 Å². The summed E-state index contributed by atoms with van der Waals surface area (Å²) in [7, 11) is 1.90. The van der Waals surface area contributed by atoms with E-state index in [9.17, 15) is 0 Å². The van der Waals surface area contributed by atoms with Crippen molar-refractivity contribution in [3.05, 3.63) is 41.8 Å². The average molecular weight is 216 g/mol. The molecule has 2 rings (SSSR count). The molecule has 2 aromatic rings. The maximum Gasteiger partial charge on any atom is 0.226 e. The maximum absolute atomic E-state index is 5.69. The lowest BCUT2D eigenvalue weighted by Gasteiger charge is -2.04. The number of aromatic nitrogens is 1. The highest BCUT2D eigenvalue weighted by molar-refractivity contribution is 5.53. The first-order valence-corrected chi connectivity index (χ1v) is 5.40. The van der Waals surface area contributed by atoms with E-state index >= 15 is 0 Å². The minimum absolute atomic E-state index is 0.187. The zero-order valence-corrected chi connectivity index (χ0v) is 9.82. The molecule has 84 valence electrons. The Morgan fingerprint density at radius 3 is 2.56 bits per heavy atom. The fraction of sp³-hybridized carbons (Fsp3) is 0.308. The van der Waals surface area contributed by atoms with Crippen molar-refractivity contribution in [2.45, 2.75) is 19.9 Å². The van der Waals surface area contributed by atoms with Gasteiger partial charge < -0.3 is 9.73 Å². The molecule has 0 aliphatic carbocycles. The molecule has 0 spiro atoms. The van der Waals surface area contributed by atoms with Crippen molar-refractivity contribution in [1.29, 1.82) is 0 Å². The molecule has 0 fully saturated rings. The second-order valence-corrected chi connectivity index (χ2v) is 3.94. The van der Waals surface area contributed by atoms with Gasteiger partial charge in [0.2, 0.25) is 5.89 Å². The number of rotatable bonds is 3. The van der Waals surface area contributed by atoms with Crippen molar-refractivity contribution in [1.82, 2.24) is 10.3 Å². The van der Waals surface area contributed by atoms with Gasteiger partial charge in [0.05, 0.1) is 12.2 Å². The molecule has 0 amide bonds. The Morgan fingerprint density at radius 1 is 1.25 bits per heavy atom. The molecule has 3 nitrogen and oxygen atoms in total. The van der Waals surface area contributed by atoms with Gasteiger partial charge in [-0.15, -0.1) is 0 Å². The molecule has 1 N–H and O–H groups in total. The molecular weight excluding hydrogens is 200 g/mol. The van der Waals surface area contributed by atoms with Crippen LogP contribution < -0.4 is 5.32 Å². The maximum atomic E-state index is 5.69. The summed E-state index contributed by atoms with van der Waals surface area (Å²) in [6.45, 7) is 4.10. The zero-order valence-electron chi connectivity index (χ0n) is 9.82. The van der Waals surface area contributed by atoms with E-state index in [1.54, 1.807) is 6.20 Å². The fourth-order valence-corrected chi connectivity index (χ4v) is 1.46. The molecule has 16 heavy (non-hydrogen) atoms. The molecule has 0 saturated carbocycles. The van der Waals surface area contributed by atoms with Crippen molar-refractivity contribution in [2.75, 3.05) is 7.05 Å². The summed E-state index contributed by atoms with van der Waals surface area (Å²) < 4.78 is 5.69. The molecular formula is C13H16N2O. The zero-order chi connectivity index (χ0) is 11.5. The summed E-state index contributed by atoms with van der Waals surface area (Å²) in [6.07, 6.45) is 1.77. The third-order valence-corrected chi connectivity index (χ3v) is 2.68. The number of oxazole rings is 1. The van der Waals surface area contributed by atoms with Crippen molar-refractivity contribution in [2.24, 2.45) is 0 Å². The highest BCUT2D eigenvalue weighted by Crippen LogP contribution is 2.22. The summed E-state index contributed by atoms with van der Waals surface area (Å²) >= 11 is 0. The summed E-state index contributed by atoms with van der Waals surface area (Å²) in [4.78, 5) is 4.28. The van der Waals surface area contributed by atoms with Gasteiger partial charge in [-0.1, -0.05) is 17.7 Å². The minimum Gasteiger partial charge on any atom is -0.440 e. The standard InChI is InChI=1S/C13H16N2O/c1-9-4-6-11(7-5-9)13-15-8-12(16-13)10(2)14-3/h4-8,10,14H,1-3H3. The molecule has 0 saturated heterocycles. The topological polar surface area (TPSA) is 38.1 Å². The Labute approximate surface area is 95.5 Å². The first-order chi connectivity index (χ1) is 7.70. The van der Waals surface area contributed by atoms with Gasteiger partial charge in [0, 0.05) is 5.56 Å². The van der Waals surface area contributed by atoms with Crippen molar-refractivity contribution >= 4 is 0 Å². The van der Waals surface area contributed by atoms with E-state index < -0.39 is 0 Å². The van der Waals surface area contributed by atoms with Crippen LogP contribution in [0.15, 0.2) is 34.9 Å². The van der Waals surface area contributed by atoms with E-state index in [0.717, 1.165) is 11.3 Å². The van der Waals surface area contributed by atoms with E-state index in [0.29, 0.717) is 5.89 Å². The van der Waals surface area contributed by atoms with Crippen LogP contribution in [0.25, 0.3) is 11.5 Å². The molecule has 1 atom stereocenters. The molecule has 1 aromatic carbocycles. The Hall–Kier alpha value is -1.61. The van der Waals surface area contributed by atoms with Gasteiger partial charge in [-0.05, 0) is 33.0 Å². The Balaban J connectivity index is 2.28. The lowest BCUT2D eigenvalue weighted by atomic mass is 10.1. The Kier molecular flexibility index (Phi) is 3.06. The minimum atomic E-state index is 0.187. The molecule has 0 radical (unpaired) electrons. The monoisotopic (exact) mass is 216 g/mol. The van der Waals surface area contributed by atoms with Crippen LogP contribution in [-0.4, -0.2) is 12.0 Å². The normalized spacial score (nSPS) is 12.7. The number of nitrogens with zero attached hydrogens (tertiary/aromatic N) is 1. The van der Waals surface area contributed by atoms with Crippen LogP contribution in [0.4, 0.5) is 0 Å². The fourth-order valence-electron chi connectivity index (χ4n) is 1.46. The molecule has 1 heterocycles. The van der Waals surface area contributed by atoms with Gasteiger partial charge >= 0.3 is 0 Å². The molecule has 0 aliphatic heterocycles. The molecule has 1 aromatic heterocycles. The predicted octanol–water partition coefficient (Wildman–Crippen LogP) is 2.93. The van der Waals surface area contributed by atoms with E-state index in [1.165, 1.54) is 5.56 Å². The summed E-state index contributed by atoms with van der Waals surface area (Å²) in [5.74, 6) is 1.54. The Bertz CT molecular complexity index is 459. The first kappa shape index (κ1) is 10.9. The lowest BCUT2D eigenvalue weighted by Crippen LogP contribution is -2.11. The van der Waals surface area contributed by atoms with Gasteiger partial charge in [-0.25, -0.2) is 4.98 Å². The van der Waals surface area contributed by atoms with Gasteiger partial charge in [-0.2, -0.15) is 0 Å². The second-order valence-electron chi connectivity index (χ2n) is 3.94. The van der Waals surface area contributed by atoms with E-state index in [2.05, 4.69) is 29.4 Å². The van der Waals surface area contributed by atoms with Crippen LogP contribution in [0, 0.1) is 6.92 Å². The highest BCUT2D eigenvalue weighted by Gasteiger charge is 2.10. The van der Waals surface area contributed by atoms with Crippen LogP contribution in [0.3, 0.4) is 0 Å². The smallest absolute Gasteiger partial charge is 0.226 e. The summed E-state index contributed by atoms with van der Waals surface area (Å²) in [6, 6.07) is 8.34. The van der Waals surface area contributed by atoms with Crippen molar-refractivity contribution in [3.8, 4) is 11.5 Å². The number of aryl methyl sites for hydroxylation is 1. The number of nitrogens with one attached hydrogen (secondary N) is 1. The van der Waals surface area contributed by atoms with Gasteiger partial charge in [0.25, 0.3) is 0 Å². The van der Waals surface area contributed by atoms with Gasteiger partial charge in [-0.3, -0.25) is 0 Å². The largest absolute Gasteiger partial charge is 0.440 e. The first-order valence-electron chi connectivity index (χ1n) is 5.40. The highest BCUT2D eigenvalue weighted by atomic mass is 16.4. The van der Waals surface area contributed by atoms with E-state index in [4.69, 9.17) is 4.42 Å². The van der Waals surface area contributed by atoms with Crippen molar-refractivity contribution in [3.63, 3.8) is 0 Å². The van der Waals surface area contributed by atoms with Crippen LogP contribution in [0.1, 0.15) is 24.3 Å². The predicted molar refractivity (Wildman–Crippen MR) is 64.2 cm³/mol. The molecule has 3 heteroatoms. The van der Waals surface area contributed by atoms with Crippen LogP contribution in [-0.2, 0) is 0 Å². The SMILES string of the molecule is CNC(C)c1cnc(-c2ccc(C)cc2)o1. The molecule has 0 bridgehead atoms. The molecule has 0 aliphatic rings. The quantitative estimate of drug-likeness (QED) is 0.857. The van der Waals surface area contributed by atoms with Crippen LogP contribution in [0.2, 0.25) is 0 Å². The van der Waals surface area contributed by atoms with Crippen LogP contribution in [0.5, 0.6) is 0 Å².